The van der Waals surface area contributed by atoms with Gasteiger partial charge in [0.15, 0.2) is 0 Å². The highest BCUT2D eigenvalue weighted by Gasteiger charge is 2.22. The summed E-state index contributed by atoms with van der Waals surface area (Å²) < 4.78 is 10.6. The summed E-state index contributed by atoms with van der Waals surface area (Å²) in [6.07, 6.45) is 1.45. The van der Waals surface area contributed by atoms with E-state index in [4.69, 9.17) is 9.47 Å². The molecule has 0 saturated carbocycles. The first-order valence-electron chi connectivity index (χ1n) is 5.89. The van der Waals surface area contributed by atoms with E-state index in [9.17, 15) is 4.79 Å². The first-order valence-corrected chi connectivity index (χ1v) is 5.89. The summed E-state index contributed by atoms with van der Waals surface area (Å²) in [5.74, 6) is 1.44. The number of carbonyl (C=O) groups is 1. The van der Waals surface area contributed by atoms with Crippen molar-refractivity contribution in [3.63, 3.8) is 0 Å². The molecule has 0 radical (unpaired) electrons. The standard InChI is InChI=1S/C14H20O3/c1-5-7-11(15)10(2)14-12(16-3)8-6-9-13(14)17-4/h6,8-10H,5,7H2,1-4H3. The predicted molar refractivity (Wildman–Crippen MR) is 67.9 cm³/mol. The maximum atomic E-state index is 12.0. The zero-order valence-electron chi connectivity index (χ0n) is 10.9. The number of carbonyl (C=O) groups excluding carboxylic acids is 1. The fourth-order valence-corrected chi connectivity index (χ4v) is 1.93. The molecule has 1 rings (SSSR count). The van der Waals surface area contributed by atoms with Crippen molar-refractivity contribution >= 4 is 5.78 Å². The van der Waals surface area contributed by atoms with Crippen LogP contribution in [0.1, 0.15) is 38.2 Å². The molecule has 1 aromatic rings. The molecule has 1 unspecified atom stereocenters. The SMILES string of the molecule is CCCC(=O)C(C)c1c(OC)cccc1OC. The molecule has 0 aliphatic heterocycles. The number of methoxy groups -OCH3 is 2. The van der Waals surface area contributed by atoms with Gasteiger partial charge in [-0.15, -0.1) is 0 Å². The molecule has 94 valence electrons. The third-order valence-electron chi connectivity index (χ3n) is 2.88. The second kappa shape index (κ2) is 6.28. The van der Waals surface area contributed by atoms with Gasteiger partial charge in [-0.05, 0) is 18.6 Å². The molecular weight excluding hydrogens is 216 g/mol. The summed E-state index contributed by atoms with van der Waals surface area (Å²) in [4.78, 5) is 12.0. The topological polar surface area (TPSA) is 35.5 Å². The van der Waals surface area contributed by atoms with E-state index in [0.29, 0.717) is 17.9 Å². The summed E-state index contributed by atoms with van der Waals surface area (Å²) in [6.45, 7) is 3.91. The molecule has 0 spiro atoms. The predicted octanol–water partition coefficient (Wildman–Crippen LogP) is 3.18. The number of benzene rings is 1. The number of rotatable bonds is 6. The molecule has 3 heteroatoms. The van der Waals surface area contributed by atoms with E-state index in [-0.39, 0.29) is 11.7 Å². The van der Waals surface area contributed by atoms with Gasteiger partial charge in [-0.2, -0.15) is 0 Å². The second-order valence-corrected chi connectivity index (χ2v) is 4.01. The molecule has 0 aliphatic rings. The Balaban J connectivity index is 3.13. The largest absolute Gasteiger partial charge is 0.496 e. The highest BCUT2D eigenvalue weighted by atomic mass is 16.5. The lowest BCUT2D eigenvalue weighted by Gasteiger charge is -2.17. The Hall–Kier alpha value is -1.51. The Morgan fingerprint density at radius 3 is 2.18 bits per heavy atom. The van der Waals surface area contributed by atoms with E-state index < -0.39 is 0 Å². The van der Waals surface area contributed by atoms with Crippen molar-refractivity contribution in [2.75, 3.05) is 14.2 Å². The molecule has 0 saturated heterocycles. The Morgan fingerprint density at radius 2 is 1.76 bits per heavy atom. The van der Waals surface area contributed by atoms with Gasteiger partial charge in [-0.25, -0.2) is 0 Å². The zero-order valence-corrected chi connectivity index (χ0v) is 10.9. The Labute approximate surface area is 103 Å². The van der Waals surface area contributed by atoms with E-state index in [1.165, 1.54) is 0 Å². The van der Waals surface area contributed by atoms with E-state index >= 15 is 0 Å². The van der Waals surface area contributed by atoms with Crippen LogP contribution in [0.25, 0.3) is 0 Å². The molecule has 0 aromatic heterocycles. The molecule has 1 aromatic carbocycles. The van der Waals surface area contributed by atoms with Crippen LogP contribution in [0, 0.1) is 0 Å². The average molecular weight is 236 g/mol. The van der Waals surface area contributed by atoms with Gasteiger partial charge in [0.25, 0.3) is 0 Å². The van der Waals surface area contributed by atoms with Gasteiger partial charge in [0.05, 0.1) is 14.2 Å². The molecule has 0 amide bonds. The van der Waals surface area contributed by atoms with Gasteiger partial charge in [0.1, 0.15) is 17.3 Å². The highest BCUT2D eigenvalue weighted by molar-refractivity contribution is 5.86. The third-order valence-corrected chi connectivity index (χ3v) is 2.88. The summed E-state index contributed by atoms with van der Waals surface area (Å²) in [5.41, 5.74) is 0.843. The monoisotopic (exact) mass is 236 g/mol. The van der Waals surface area contributed by atoms with Crippen LogP contribution in [-0.2, 0) is 4.79 Å². The lowest BCUT2D eigenvalue weighted by molar-refractivity contribution is -0.120. The van der Waals surface area contributed by atoms with E-state index in [2.05, 4.69) is 0 Å². The smallest absolute Gasteiger partial charge is 0.140 e. The molecule has 0 N–H and O–H groups in total. The number of ketones is 1. The van der Waals surface area contributed by atoms with Gasteiger partial charge in [0, 0.05) is 17.9 Å². The minimum atomic E-state index is -0.193. The van der Waals surface area contributed by atoms with E-state index in [1.54, 1.807) is 14.2 Å². The quantitative estimate of drug-likeness (QED) is 0.761. The van der Waals surface area contributed by atoms with Crippen LogP contribution in [0.5, 0.6) is 11.5 Å². The van der Waals surface area contributed by atoms with Crippen LogP contribution in [0.3, 0.4) is 0 Å². The summed E-state index contributed by atoms with van der Waals surface area (Å²) in [7, 11) is 3.21. The Morgan fingerprint density at radius 1 is 1.24 bits per heavy atom. The Kier molecular flexibility index (Phi) is 5.01. The third kappa shape index (κ3) is 2.99. The van der Waals surface area contributed by atoms with E-state index in [0.717, 1.165) is 12.0 Å². The molecule has 1 atom stereocenters. The van der Waals surface area contributed by atoms with Crippen LogP contribution in [0.2, 0.25) is 0 Å². The van der Waals surface area contributed by atoms with Crippen molar-refractivity contribution < 1.29 is 14.3 Å². The minimum absolute atomic E-state index is 0.193. The zero-order chi connectivity index (χ0) is 12.8. The summed E-state index contributed by atoms with van der Waals surface area (Å²) in [6, 6.07) is 5.57. The van der Waals surface area contributed by atoms with Gasteiger partial charge in [-0.1, -0.05) is 19.9 Å². The van der Waals surface area contributed by atoms with Gasteiger partial charge in [0.2, 0.25) is 0 Å². The maximum absolute atomic E-state index is 12.0. The number of Topliss-reactive ketones (excluding diaryl/α,β-unsaturated/α-hetero) is 1. The van der Waals surface area contributed by atoms with Gasteiger partial charge < -0.3 is 9.47 Å². The fraction of sp³-hybridized carbons (Fsp3) is 0.500. The maximum Gasteiger partial charge on any atom is 0.140 e. The molecule has 0 aliphatic carbocycles. The lowest BCUT2D eigenvalue weighted by atomic mass is 9.92. The van der Waals surface area contributed by atoms with Crippen molar-refractivity contribution in [3.05, 3.63) is 23.8 Å². The van der Waals surface area contributed by atoms with Crippen molar-refractivity contribution in [2.24, 2.45) is 0 Å². The molecule has 0 heterocycles. The second-order valence-electron chi connectivity index (χ2n) is 4.01. The average Bonchev–Trinajstić information content (AvgIpc) is 2.37. The van der Waals surface area contributed by atoms with Crippen molar-refractivity contribution in [3.8, 4) is 11.5 Å². The van der Waals surface area contributed by atoms with Crippen molar-refractivity contribution in [1.29, 1.82) is 0 Å². The number of hydrogen-bond acceptors (Lipinski definition) is 3. The Bertz CT molecular complexity index is 363. The first kappa shape index (κ1) is 13.6. The van der Waals surface area contributed by atoms with E-state index in [1.807, 2.05) is 32.0 Å². The molecular formula is C14H20O3. The van der Waals surface area contributed by atoms with Gasteiger partial charge in [-0.3, -0.25) is 4.79 Å². The van der Waals surface area contributed by atoms with Crippen LogP contribution in [-0.4, -0.2) is 20.0 Å². The normalized spacial score (nSPS) is 12.0. The number of ether oxygens (including phenoxy) is 2. The summed E-state index contributed by atoms with van der Waals surface area (Å²) in [5, 5.41) is 0. The van der Waals surface area contributed by atoms with Crippen LogP contribution in [0.15, 0.2) is 18.2 Å². The van der Waals surface area contributed by atoms with Gasteiger partial charge >= 0.3 is 0 Å². The van der Waals surface area contributed by atoms with Crippen LogP contribution < -0.4 is 9.47 Å². The molecule has 17 heavy (non-hydrogen) atoms. The molecule has 3 nitrogen and oxygen atoms in total. The van der Waals surface area contributed by atoms with Crippen LogP contribution in [0.4, 0.5) is 0 Å². The molecule has 0 bridgehead atoms. The highest BCUT2D eigenvalue weighted by Crippen LogP contribution is 2.35. The van der Waals surface area contributed by atoms with Crippen molar-refractivity contribution in [1.82, 2.24) is 0 Å². The first-order chi connectivity index (χ1) is 8.15. The minimum Gasteiger partial charge on any atom is -0.496 e. The van der Waals surface area contributed by atoms with Crippen molar-refractivity contribution in [2.45, 2.75) is 32.6 Å². The number of hydrogen-bond donors (Lipinski definition) is 0. The lowest BCUT2D eigenvalue weighted by Crippen LogP contribution is -2.11. The summed E-state index contributed by atoms with van der Waals surface area (Å²) >= 11 is 0. The van der Waals surface area contributed by atoms with Crippen LogP contribution >= 0.6 is 0 Å². The fourth-order valence-electron chi connectivity index (χ4n) is 1.93. The molecule has 0 fully saturated rings.